The monoisotopic (exact) mass is 325 g/mol. The van der Waals surface area contributed by atoms with E-state index in [1.54, 1.807) is 20.0 Å². The minimum absolute atomic E-state index is 0.0965. The van der Waals surface area contributed by atoms with Gasteiger partial charge in [-0.15, -0.1) is 0 Å². The first-order valence-corrected chi connectivity index (χ1v) is 7.00. The van der Waals surface area contributed by atoms with E-state index in [-0.39, 0.29) is 18.2 Å². The van der Waals surface area contributed by atoms with Gasteiger partial charge in [0, 0.05) is 26.0 Å². The van der Waals surface area contributed by atoms with Gasteiger partial charge < -0.3 is 10.6 Å². The quantitative estimate of drug-likeness (QED) is 0.656. The van der Waals surface area contributed by atoms with Crippen molar-refractivity contribution in [2.45, 2.75) is 26.6 Å². The largest absolute Gasteiger partial charge is 0.352 e. The number of alkyl halides is 2. The molecule has 1 aromatic heterocycles. The molecule has 0 spiro atoms. The van der Waals surface area contributed by atoms with Crippen molar-refractivity contribution in [2.75, 3.05) is 7.05 Å². The Morgan fingerprint density at radius 3 is 2.70 bits per heavy atom. The second kappa shape index (κ2) is 7.66. The van der Waals surface area contributed by atoms with Gasteiger partial charge in [-0.1, -0.05) is 12.1 Å². The highest BCUT2D eigenvalue weighted by Gasteiger charge is 2.11. The summed E-state index contributed by atoms with van der Waals surface area (Å²) >= 11 is 0. The van der Waals surface area contributed by atoms with Crippen LogP contribution in [0.5, 0.6) is 0 Å². The van der Waals surface area contributed by atoms with Crippen molar-refractivity contribution in [3.63, 3.8) is 0 Å². The summed E-state index contributed by atoms with van der Waals surface area (Å²) in [6.07, 6.45) is 2.53. The number of hydrogen-bond acceptors (Lipinski definition) is 2. The SMILES string of the molecule is CN=C(NCc1ccc(C)c(F)c1)NCc1nccn1C(F)F. The molecule has 0 aliphatic rings. The van der Waals surface area contributed by atoms with Gasteiger partial charge in [-0.2, -0.15) is 8.78 Å². The fraction of sp³-hybridized carbons (Fsp3) is 0.333. The molecule has 0 atom stereocenters. The van der Waals surface area contributed by atoms with Gasteiger partial charge in [-0.25, -0.2) is 9.37 Å². The molecule has 0 aliphatic carbocycles. The molecule has 124 valence electrons. The van der Waals surface area contributed by atoms with Crippen LogP contribution in [0.25, 0.3) is 0 Å². The number of aryl methyl sites for hydroxylation is 1. The summed E-state index contributed by atoms with van der Waals surface area (Å²) in [4.78, 5) is 7.86. The topological polar surface area (TPSA) is 54.2 Å². The van der Waals surface area contributed by atoms with Crippen molar-refractivity contribution in [1.29, 1.82) is 0 Å². The predicted molar refractivity (Wildman–Crippen MR) is 81.7 cm³/mol. The molecule has 0 saturated carbocycles. The molecule has 2 rings (SSSR count). The maximum absolute atomic E-state index is 13.5. The summed E-state index contributed by atoms with van der Waals surface area (Å²) in [5, 5.41) is 5.88. The molecule has 0 saturated heterocycles. The zero-order chi connectivity index (χ0) is 16.8. The fourth-order valence-electron chi connectivity index (χ4n) is 1.97. The number of aromatic nitrogens is 2. The zero-order valence-corrected chi connectivity index (χ0v) is 12.9. The molecule has 5 nitrogen and oxygen atoms in total. The Bertz CT molecular complexity index is 682. The van der Waals surface area contributed by atoms with Crippen LogP contribution in [-0.4, -0.2) is 22.6 Å². The molecule has 2 aromatic rings. The Morgan fingerprint density at radius 1 is 1.30 bits per heavy atom. The maximum atomic E-state index is 13.5. The van der Waals surface area contributed by atoms with E-state index in [9.17, 15) is 13.2 Å². The third kappa shape index (κ3) is 4.48. The molecule has 2 N–H and O–H groups in total. The minimum Gasteiger partial charge on any atom is -0.352 e. The average molecular weight is 325 g/mol. The molecule has 1 heterocycles. The lowest BCUT2D eigenvalue weighted by atomic mass is 10.1. The maximum Gasteiger partial charge on any atom is 0.319 e. The Hall–Kier alpha value is -2.51. The summed E-state index contributed by atoms with van der Waals surface area (Å²) in [6, 6.07) is 4.95. The van der Waals surface area contributed by atoms with Gasteiger partial charge in [0.2, 0.25) is 0 Å². The third-order valence-corrected chi connectivity index (χ3v) is 3.29. The lowest BCUT2D eigenvalue weighted by molar-refractivity contribution is 0.0668. The third-order valence-electron chi connectivity index (χ3n) is 3.29. The number of aliphatic imine (C=N–C) groups is 1. The summed E-state index contributed by atoms with van der Waals surface area (Å²) in [6.45, 7) is -0.489. The van der Waals surface area contributed by atoms with E-state index in [1.807, 2.05) is 6.07 Å². The molecule has 0 amide bonds. The summed E-state index contributed by atoms with van der Waals surface area (Å²) in [7, 11) is 1.56. The smallest absolute Gasteiger partial charge is 0.319 e. The van der Waals surface area contributed by atoms with Crippen LogP contribution in [0.15, 0.2) is 35.6 Å². The Morgan fingerprint density at radius 2 is 2.04 bits per heavy atom. The zero-order valence-electron chi connectivity index (χ0n) is 12.9. The lowest BCUT2D eigenvalue weighted by Crippen LogP contribution is -2.37. The van der Waals surface area contributed by atoms with Gasteiger partial charge in [-0.3, -0.25) is 9.56 Å². The number of nitrogens with zero attached hydrogens (tertiary/aromatic N) is 3. The van der Waals surface area contributed by atoms with Crippen LogP contribution in [-0.2, 0) is 13.1 Å². The Labute approximate surface area is 132 Å². The van der Waals surface area contributed by atoms with Gasteiger partial charge in [0.1, 0.15) is 11.6 Å². The molecule has 23 heavy (non-hydrogen) atoms. The minimum atomic E-state index is -2.64. The number of benzene rings is 1. The van der Waals surface area contributed by atoms with Crippen molar-refractivity contribution in [2.24, 2.45) is 4.99 Å². The van der Waals surface area contributed by atoms with Crippen LogP contribution in [0.3, 0.4) is 0 Å². The highest BCUT2D eigenvalue weighted by Crippen LogP contribution is 2.12. The summed E-state index contributed by atoms with van der Waals surface area (Å²) in [5.41, 5.74) is 1.33. The Kier molecular flexibility index (Phi) is 5.61. The van der Waals surface area contributed by atoms with Crippen LogP contribution in [0, 0.1) is 12.7 Å². The van der Waals surface area contributed by atoms with Crippen molar-refractivity contribution >= 4 is 5.96 Å². The van der Waals surface area contributed by atoms with Crippen LogP contribution in [0.2, 0.25) is 0 Å². The molecule has 0 fully saturated rings. The number of rotatable bonds is 5. The number of guanidine groups is 1. The first-order valence-electron chi connectivity index (χ1n) is 7.00. The molecule has 0 aliphatic heterocycles. The summed E-state index contributed by atoms with van der Waals surface area (Å²) in [5.74, 6) is 0.338. The molecule has 1 aromatic carbocycles. The van der Waals surface area contributed by atoms with Gasteiger partial charge in [0.25, 0.3) is 0 Å². The molecule has 0 bridgehead atoms. The van der Waals surface area contributed by atoms with E-state index in [0.717, 1.165) is 10.1 Å². The molecule has 8 heteroatoms. The van der Waals surface area contributed by atoms with Gasteiger partial charge in [-0.05, 0) is 24.1 Å². The highest BCUT2D eigenvalue weighted by molar-refractivity contribution is 5.79. The molecule has 0 radical (unpaired) electrons. The normalized spacial score (nSPS) is 11.8. The van der Waals surface area contributed by atoms with Crippen molar-refractivity contribution in [3.8, 4) is 0 Å². The number of halogens is 3. The standard InChI is InChI=1S/C15H18F3N5/c1-10-3-4-11(7-12(10)16)8-21-15(19-2)22-9-13-20-5-6-23(13)14(17)18/h3-7,14H,8-9H2,1-2H3,(H2,19,21,22). The van der Waals surface area contributed by atoms with Crippen LogP contribution in [0.1, 0.15) is 23.5 Å². The van der Waals surface area contributed by atoms with Gasteiger partial charge in [0.05, 0.1) is 6.54 Å². The second-order valence-electron chi connectivity index (χ2n) is 4.89. The number of nitrogens with one attached hydrogen (secondary N) is 2. The highest BCUT2D eigenvalue weighted by atomic mass is 19.3. The first kappa shape index (κ1) is 16.9. The molecular formula is C15H18F3N5. The molecule has 0 unspecified atom stereocenters. The fourth-order valence-corrected chi connectivity index (χ4v) is 1.97. The van der Waals surface area contributed by atoms with Crippen molar-refractivity contribution < 1.29 is 13.2 Å². The van der Waals surface area contributed by atoms with E-state index < -0.39 is 6.55 Å². The van der Waals surface area contributed by atoms with E-state index in [0.29, 0.717) is 18.1 Å². The summed E-state index contributed by atoms with van der Waals surface area (Å²) < 4.78 is 39.7. The second-order valence-corrected chi connectivity index (χ2v) is 4.89. The van der Waals surface area contributed by atoms with Crippen molar-refractivity contribution in [3.05, 3.63) is 53.4 Å². The van der Waals surface area contributed by atoms with E-state index >= 15 is 0 Å². The number of hydrogen-bond donors (Lipinski definition) is 2. The van der Waals surface area contributed by atoms with Crippen LogP contribution < -0.4 is 10.6 Å². The van der Waals surface area contributed by atoms with E-state index in [1.165, 1.54) is 18.5 Å². The number of imidazole rings is 1. The lowest BCUT2D eigenvalue weighted by Gasteiger charge is -2.13. The average Bonchev–Trinajstić information content (AvgIpc) is 2.99. The van der Waals surface area contributed by atoms with E-state index in [2.05, 4.69) is 20.6 Å². The van der Waals surface area contributed by atoms with Crippen LogP contribution >= 0.6 is 0 Å². The van der Waals surface area contributed by atoms with Gasteiger partial charge >= 0.3 is 6.55 Å². The van der Waals surface area contributed by atoms with Gasteiger partial charge in [0.15, 0.2) is 5.96 Å². The van der Waals surface area contributed by atoms with Crippen molar-refractivity contribution in [1.82, 2.24) is 20.2 Å². The Balaban J connectivity index is 1.90. The predicted octanol–water partition coefficient (Wildman–Crippen LogP) is 2.59. The van der Waals surface area contributed by atoms with Crippen LogP contribution in [0.4, 0.5) is 13.2 Å². The first-order chi connectivity index (χ1) is 11.0. The molecular weight excluding hydrogens is 307 g/mol. The van der Waals surface area contributed by atoms with E-state index in [4.69, 9.17) is 0 Å².